The van der Waals surface area contributed by atoms with Crippen molar-refractivity contribution in [3.63, 3.8) is 0 Å². The van der Waals surface area contributed by atoms with Crippen molar-refractivity contribution in [2.75, 3.05) is 0 Å². The zero-order chi connectivity index (χ0) is 13.2. The van der Waals surface area contributed by atoms with Crippen LogP contribution in [0.25, 0.3) is 11.0 Å². The smallest absolute Gasteiger partial charge is 0.545 e. The number of fused-ring (bicyclic) bond motifs is 1. The van der Waals surface area contributed by atoms with Crippen molar-refractivity contribution in [2.24, 2.45) is 0 Å². The molecule has 0 atom stereocenters. The first-order chi connectivity index (χ1) is 9.22. The maximum absolute atomic E-state index is 10.7. The zero-order valence-corrected chi connectivity index (χ0v) is 14.2. The second-order valence-electron chi connectivity index (χ2n) is 4.36. The average Bonchev–Trinajstić information content (AvgIpc) is 2.81. The van der Waals surface area contributed by atoms with Gasteiger partial charge < -0.3 is 14.9 Å². The number of rotatable bonds is 3. The summed E-state index contributed by atoms with van der Waals surface area (Å²) in [5.74, 6) is -0.294. The molecule has 0 aliphatic carbocycles. The van der Waals surface area contributed by atoms with Gasteiger partial charge in [-0.3, -0.25) is 0 Å². The summed E-state index contributed by atoms with van der Waals surface area (Å²) in [6, 6.07) is 14.5. The SMILES string of the molecule is O=C([O-])c1ccc(Cc2nc3ccccc3[nH]2)cc1.[K+]. The molecule has 0 aliphatic heterocycles. The Morgan fingerprint density at radius 3 is 2.45 bits per heavy atom. The van der Waals surface area contributed by atoms with Gasteiger partial charge in [-0.2, -0.15) is 0 Å². The van der Waals surface area contributed by atoms with Gasteiger partial charge in [0.2, 0.25) is 0 Å². The van der Waals surface area contributed by atoms with E-state index in [0.717, 1.165) is 22.4 Å². The first kappa shape index (κ1) is 15.4. The van der Waals surface area contributed by atoms with Crippen LogP contribution in [-0.4, -0.2) is 15.9 Å². The van der Waals surface area contributed by atoms with Gasteiger partial charge in [0.25, 0.3) is 0 Å². The number of carbonyl (C=O) groups excluding carboxylic acids is 1. The minimum atomic E-state index is -1.16. The number of aromatic nitrogens is 2. The van der Waals surface area contributed by atoms with E-state index in [-0.39, 0.29) is 56.9 Å². The number of imidazole rings is 1. The third kappa shape index (κ3) is 3.37. The number of aromatic carboxylic acids is 1. The summed E-state index contributed by atoms with van der Waals surface area (Å²) >= 11 is 0. The first-order valence-corrected chi connectivity index (χ1v) is 5.96. The van der Waals surface area contributed by atoms with Gasteiger partial charge in [-0.1, -0.05) is 36.4 Å². The van der Waals surface area contributed by atoms with E-state index in [1.54, 1.807) is 24.3 Å². The number of hydrogen-bond donors (Lipinski definition) is 1. The van der Waals surface area contributed by atoms with E-state index >= 15 is 0 Å². The van der Waals surface area contributed by atoms with Gasteiger partial charge in [-0.25, -0.2) is 4.98 Å². The molecular formula is C15H11KN2O2. The number of carboxylic acids is 1. The summed E-state index contributed by atoms with van der Waals surface area (Å²) in [6.07, 6.45) is 0.641. The summed E-state index contributed by atoms with van der Waals surface area (Å²) in [4.78, 5) is 18.4. The standard InChI is InChI=1S/C15H12N2O2.K/c18-15(19)11-7-5-10(6-8-11)9-14-16-12-3-1-2-4-13(12)17-14;/h1-8H,9H2,(H,16,17)(H,18,19);/q;+1/p-1. The summed E-state index contributed by atoms with van der Waals surface area (Å²) in [6.45, 7) is 0. The second kappa shape index (κ2) is 6.65. The number of para-hydroxylation sites is 2. The van der Waals surface area contributed by atoms with Gasteiger partial charge in [0.1, 0.15) is 5.82 Å². The molecule has 1 aromatic heterocycles. The van der Waals surface area contributed by atoms with E-state index in [0.29, 0.717) is 6.42 Å². The largest absolute Gasteiger partial charge is 1.00 e. The van der Waals surface area contributed by atoms with E-state index in [4.69, 9.17) is 0 Å². The molecule has 20 heavy (non-hydrogen) atoms. The van der Waals surface area contributed by atoms with Crippen molar-refractivity contribution in [3.8, 4) is 0 Å². The number of benzene rings is 2. The molecule has 3 aromatic rings. The molecule has 0 spiro atoms. The third-order valence-corrected chi connectivity index (χ3v) is 3.00. The monoisotopic (exact) mass is 290 g/mol. The normalized spacial score (nSPS) is 10.2. The molecule has 0 amide bonds. The number of nitrogens with one attached hydrogen (secondary N) is 1. The third-order valence-electron chi connectivity index (χ3n) is 3.00. The van der Waals surface area contributed by atoms with Crippen LogP contribution in [0.15, 0.2) is 48.5 Å². The van der Waals surface area contributed by atoms with Crippen LogP contribution in [0.5, 0.6) is 0 Å². The Balaban J connectivity index is 0.00000147. The molecule has 4 nitrogen and oxygen atoms in total. The number of hydrogen-bond acceptors (Lipinski definition) is 3. The Morgan fingerprint density at radius 1 is 1.10 bits per heavy atom. The van der Waals surface area contributed by atoms with E-state index in [1.807, 2.05) is 24.3 Å². The molecule has 0 saturated carbocycles. The van der Waals surface area contributed by atoms with E-state index < -0.39 is 5.97 Å². The van der Waals surface area contributed by atoms with E-state index in [9.17, 15) is 9.90 Å². The van der Waals surface area contributed by atoms with Gasteiger partial charge in [0, 0.05) is 6.42 Å². The van der Waals surface area contributed by atoms with Crippen LogP contribution in [-0.2, 0) is 6.42 Å². The number of aromatic amines is 1. The number of carboxylic acid groups (broad SMARTS) is 1. The maximum atomic E-state index is 10.7. The predicted octanol–water partition coefficient (Wildman–Crippen LogP) is -1.48. The predicted molar refractivity (Wildman–Crippen MR) is 69.7 cm³/mol. The topological polar surface area (TPSA) is 68.8 Å². The number of carbonyl (C=O) groups is 1. The molecule has 0 aliphatic rings. The first-order valence-electron chi connectivity index (χ1n) is 5.96. The molecular weight excluding hydrogens is 279 g/mol. The van der Waals surface area contributed by atoms with Gasteiger partial charge in [0.05, 0.1) is 17.0 Å². The number of nitrogens with zero attached hydrogens (tertiary/aromatic N) is 1. The average molecular weight is 290 g/mol. The molecule has 1 N–H and O–H groups in total. The number of H-pyrrole nitrogens is 1. The van der Waals surface area contributed by atoms with Crippen LogP contribution >= 0.6 is 0 Å². The summed E-state index contributed by atoms with van der Waals surface area (Å²) in [5, 5.41) is 10.7. The molecule has 94 valence electrons. The molecule has 2 aromatic carbocycles. The van der Waals surface area contributed by atoms with Crippen molar-refractivity contribution < 1.29 is 61.3 Å². The minimum Gasteiger partial charge on any atom is -0.545 e. The molecule has 0 unspecified atom stereocenters. The fraction of sp³-hybridized carbons (Fsp3) is 0.0667. The second-order valence-corrected chi connectivity index (χ2v) is 4.36. The Hall–Kier alpha value is -0.984. The Bertz CT molecular complexity index is 702. The molecule has 5 heteroatoms. The summed E-state index contributed by atoms with van der Waals surface area (Å²) in [7, 11) is 0. The zero-order valence-electron chi connectivity index (χ0n) is 11.1. The van der Waals surface area contributed by atoms with Crippen molar-refractivity contribution in [1.29, 1.82) is 0 Å². The van der Waals surface area contributed by atoms with E-state index in [1.165, 1.54) is 0 Å². The van der Waals surface area contributed by atoms with Gasteiger partial charge in [0.15, 0.2) is 0 Å². The minimum absolute atomic E-state index is 0. The van der Waals surface area contributed by atoms with Crippen molar-refractivity contribution in [1.82, 2.24) is 9.97 Å². The van der Waals surface area contributed by atoms with E-state index in [2.05, 4.69) is 9.97 Å². The molecule has 0 fully saturated rings. The van der Waals surface area contributed by atoms with Crippen LogP contribution in [0.2, 0.25) is 0 Å². The summed E-state index contributed by atoms with van der Waals surface area (Å²) < 4.78 is 0. The van der Waals surface area contributed by atoms with Crippen LogP contribution in [0.4, 0.5) is 0 Å². The maximum Gasteiger partial charge on any atom is 1.00 e. The quantitative estimate of drug-likeness (QED) is 0.598. The van der Waals surface area contributed by atoms with Crippen molar-refractivity contribution >= 4 is 17.0 Å². The van der Waals surface area contributed by atoms with Crippen LogP contribution in [0.3, 0.4) is 0 Å². The summed E-state index contributed by atoms with van der Waals surface area (Å²) in [5.41, 5.74) is 3.13. The van der Waals surface area contributed by atoms with Crippen molar-refractivity contribution in [3.05, 3.63) is 65.5 Å². The molecule has 1 heterocycles. The molecule has 3 rings (SSSR count). The van der Waals surface area contributed by atoms with Crippen LogP contribution in [0, 0.1) is 0 Å². The molecule has 0 saturated heterocycles. The molecule has 0 radical (unpaired) electrons. The van der Waals surface area contributed by atoms with Crippen LogP contribution < -0.4 is 56.5 Å². The van der Waals surface area contributed by atoms with Gasteiger partial charge >= 0.3 is 51.4 Å². The van der Waals surface area contributed by atoms with Gasteiger partial charge in [-0.15, -0.1) is 0 Å². The van der Waals surface area contributed by atoms with Gasteiger partial charge in [-0.05, 0) is 23.3 Å². The Labute approximate surface area is 158 Å². The fourth-order valence-corrected chi connectivity index (χ4v) is 2.04. The van der Waals surface area contributed by atoms with Crippen LogP contribution in [0.1, 0.15) is 21.7 Å². The fourth-order valence-electron chi connectivity index (χ4n) is 2.04. The Morgan fingerprint density at radius 2 is 1.80 bits per heavy atom. The van der Waals surface area contributed by atoms with Crippen molar-refractivity contribution in [2.45, 2.75) is 6.42 Å². The molecule has 0 bridgehead atoms. The Kier molecular flexibility index (Phi) is 5.12.